The molecule has 0 saturated carbocycles. The second-order valence-electron chi connectivity index (χ2n) is 25.4. The number of nitrogen functional groups attached to an aromatic ring is 1. The maximum absolute atomic E-state index is 13.5. The van der Waals surface area contributed by atoms with Gasteiger partial charge in [0.2, 0.25) is 17.7 Å². The fraction of sp³-hybridized carbons (Fsp3) is 0.348. The second kappa shape index (κ2) is 29.1. The van der Waals surface area contributed by atoms with Gasteiger partial charge in [-0.05, 0) is 127 Å². The van der Waals surface area contributed by atoms with Gasteiger partial charge in [0.15, 0.2) is 34.4 Å². The van der Waals surface area contributed by atoms with E-state index in [0.29, 0.717) is 88.9 Å². The van der Waals surface area contributed by atoms with Crippen molar-refractivity contribution in [3.63, 3.8) is 0 Å². The second-order valence-corrected chi connectivity index (χ2v) is 26.7. The molecule has 15 rings (SSSR count). The number of carbonyl (C=O) groups is 3. The molecule has 518 valence electrons. The maximum Gasteiger partial charge on any atom is 0.244 e. The maximum atomic E-state index is 13.5. The fourth-order valence-corrected chi connectivity index (χ4v) is 13.5. The van der Waals surface area contributed by atoms with Crippen LogP contribution in [-0.4, -0.2) is 199 Å². The lowest BCUT2D eigenvalue weighted by Crippen LogP contribution is -2.61. The van der Waals surface area contributed by atoms with Crippen molar-refractivity contribution in [2.24, 2.45) is 0 Å². The van der Waals surface area contributed by atoms with Crippen LogP contribution in [0.15, 0.2) is 111 Å². The Kier molecular flexibility index (Phi) is 20.2. The van der Waals surface area contributed by atoms with E-state index >= 15 is 0 Å². The quantitative estimate of drug-likeness (QED) is 0.0884. The SMILES string of the molecule is C.Cc1cc(N2CCN(C(=O)Cn3nc(-c4ncc[nH]4)c4c(C)ncnc43)C(C)(C)C2)ccc1Cl.Cc1cc(N2CCN(C(=O)Cn3nc(-c4ncc[nH]4)c4c(C)ncnc43)CC2)ccc1Cl.Cc1cc(N2CCN(C(=O)Cn3nc(-c4ncc[nH]4)c4c(N)ncnc43)[C@@H](C)C2)ccc1Cl. The molecule has 3 fully saturated rings. The highest BCUT2D eigenvalue weighted by molar-refractivity contribution is 6.32. The molecule has 0 aliphatic carbocycles. The summed E-state index contributed by atoms with van der Waals surface area (Å²) in [6, 6.07) is 18.2. The molecular formula is C69H78Cl3N25O3. The topological polar surface area (TPSA) is 314 Å². The fourth-order valence-electron chi connectivity index (χ4n) is 13.1. The molecule has 28 nitrogen and oxygen atoms in total. The van der Waals surface area contributed by atoms with E-state index in [1.165, 1.54) is 19.0 Å². The van der Waals surface area contributed by atoms with E-state index in [-0.39, 0.29) is 56.4 Å². The Bertz CT molecular complexity index is 4930. The van der Waals surface area contributed by atoms with E-state index in [4.69, 9.17) is 45.6 Å². The number of fused-ring (bicyclic) bond motifs is 3. The van der Waals surface area contributed by atoms with Crippen LogP contribution in [0.5, 0.6) is 0 Å². The van der Waals surface area contributed by atoms with Gasteiger partial charge in [-0.1, -0.05) is 42.2 Å². The van der Waals surface area contributed by atoms with Gasteiger partial charge >= 0.3 is 0 Å². The number of nitrogens with zero attached hydrogens (tertiary/aromatic N) is 21. The monoisotopic (exact) mass is 1410 g/mol. The number of amides is 3. The van der Waals surface area contributed by atoms with Gasteiger partial charge in [-0.25, -0.2) is 58.9 Å². The van der Waals surface area contributed by atoms with Gasteiger partial charge in [-0.3, -0.25) is 14.4 Å². The Balaban J connectivity index is 0.000000142. The van der Waals surface area contributed by atoms with Crippen LogP contribution in [0.4, 0.5) is 22.9 Å². The zero-order valence-corrected chi connectivity index (χ0v) is 58.3. The van der Waals surface area contributed by atoms with E-state index in [1.807, 2.05) is 85.7 Å². The Labute approximate surface area is 592 Å². The van der Waals surface area contributed by atoms with E-state index in [1.54, 1.807) is 51.2 Å². The number of benzene rings is 3. The smallest absolute Gasteiger partial charge is 0.244 e. The minimum absolute atomic E-state index is 0. The van der Waals surface area contributed by atoms with Crippen LogP contribution in [0.3, 0.4) is 0 Å². The zero-order valence-electron chi connectivity index (χ0n) is 56.0. The molecule has 3 aromatic carbocycles. The number of hydrogen-bond acceptors (Lipinski definition) is 19. The lowest BCUT2D eigenvalue weighted by atomic mass is 9.97. The minimum atomic E-state index is -0.361. The van der Waals surface area contributed by atoms with Crippen molar-refractivity contribution >= 4 is 109 Å². The number of nitrogens with one attached hydrogen (secondary N) is 3. The molecule has 0 bridgehead atoms. The first kappa shape index (κ1) is 69.3. The summed E-state index contributed by atoms with van der Waals surface area (Å²) >= 11 is 18.5. The summed E-state index contributed by atoms with van der Waals surface area (Å²) in [7, 11) is 0. The predicted octanol–water partition coefficient (Wildman–Crippen LogP) is 9.58. The molecular weight excluding hydrogens is 1330 g/mol. The number of imidazole rings is 3. The summed E-state index contributed by atoms with van der Waals surface area (Å²) in [5.74, 6) is 2.10. The summed E-state index contributed by atoms with van der Waals surface area (Å²) < 4.78 is 4.89. The molecule has 0 unspecified atom stereocenters. The van der Waals surface area contributed by atoms with Crippen molar-refractivity contribution in [1.29, 1.82) is 0 Å². The molecule has 3 amide bonds. The Morgan fingerprint density at radius 2 is 0.910 bits per heavy atom. The number of rotatable bonds is 12. The van der Waals surface area contributed by atoms with Crippen LogP contribution in [0.1, 0.15) is 56.3 Å². The van der Waals surface area contributed by atoms with Crippen LogP contribution in [0.25, 0.3) is 67.7 Å². The number of aromatic amines is 3. The minimum Gasteiger partial charge on any atom is -0.383 e. The van der Waals surface area contributed by atoms with Crippen LogP contribution in [0, 0.1) is 34.6 Å². The molecule has 12 heterocycles. The van der Waals surface area contributed by atoms with Crippen molar-refractivity contribution in [2.75, 3.05) is 85.9 Å². The van der Waals surface area contributed by atoms with Crippen molar-refractivity contribution in [3.8, 4) is 34.6 Å². The Morgan fingerprint density at radius 1 is 0.500 bits per heavy atom. The number of halogens is 3. The van der Waals surface area contributed by atoms with Crippen molar-refractivity contribution in [1.82, 2.24) is 104 Å². The van der Waals surface area contributed by atoms with Crippen LogP contribution in [-0.2, 0) is 34.0 Å². The highest BCUT2D eigenvalue weighted by Crippen LogP contribution is 2.34. The van der Waals surface area contributed by atoms with Gasteiger partial charge in [0.25, 0.3) is 0 Å². The number of anilines is 4. The summed E-state index contributed by atoms with van der Waals surface area (Å²) in [5, 5.41) is 18.4. The first-order valence-electron chi connectivity index (χ1n) is 32.4. The van der Waals surface area contributed by atoms with E-state index < -0.39 is 0 Å². The molecule has 9 aromatic heterocycles. The number of carbonyl (C=O) groups excluding carboxylic acids is 3. The largest absolute Gasteiger partial charge is 0.383 e. The van der Waals surface area contributed by atoms with Gasteiger partial charge < -0.3 is 50.1 Å². The summed E-state index contributed by atoms with van der Waals surface area (Å²) in [5.41, 5.74) is 17.4. The van der Waals surface area contributed by atoms with Crippen LogP contribution >= 0.6 is 34.8 Å². The van der Waals surface area contributed by atoms with Crippen molar-refractivity contribution in [2.45, 2.75) is 94.0 Å². The molecule has 31 heteroatoms. The molecule has 12 aromatic rings. The van der Waals surface area contributed by atoms with Gasteiger partial charge in [0.05, 0.1) is 33.1 Å². The van der Waals surface area contributed by atoms with Gasteiger partial charge in [0, 0.05) is 141 Å². The zero-order chi connectivity index (χ0) is 69.4. The predicted molar refractivity (Wildman–Crippen MR) is 388 cm³/mol. The number of piperazine rings is 3. The normalized spacial score (nSPS) is 15.4. The number of aryl methyl sites for hydroxylation is 5. The lowest BCUT2D eigenvalue weighted by molar-refractivity contribution is -0.138. The van der Waals surface area contributed by atoms with E-state index in [2.05, 4.69) is 124 Å². The number of H-pyrrole nitrogens is 3. The van der Waals surface area contributed by atoms with Crippen LogP contribution in [0.2, 0.25) is 15.1 Å². The first-order chi connectivity index (χ1) is 47.7. The highest BCUT2D eigenvalue weighted by Gasteiger charge is 2.38. The molecule has 1 atom stereocenters. The van der Waals surface area contributed by atoms with Crippen molar-refractivity contribution < 1.29 is 14.4 Å². The third-order valence-corrected chi connectivity index (χ3v) is 19.6. The van der Waals surface area contributed by atoms with Gasteiger partial charge in [0.1, 0.15) is 61.5 Å². The average Bonchev–Trinajstić information content (AvgIpc) is 1.61. The molecule has 5 N–H and O–H groups in total. The summed E-state index contributed by atoms with van der Waals surface area (Å²) in [6.07, 6.45) is 14.6. The average molecular weight is 1410 g/mol. The molecule has 0 spiro atoms. The third kappa shape index (κ3) is 14.2. The van der Waals surface area contributed by atoms with E-state index in [9.17, 15) is 14.4 Å². The lowest BCUT2D eigenvalue weighted by Gasteiger charge is -2.48. The van der Waals surface area contributed by atoms with Crippen LogP contribution < -0.4 is 20.4 Å². The number of aromatic nitrogens is 18. The number of hydrogen-bond donors (Lipinski definition) is 4. The van der Waals surface area contributed by atoms with Crippen molar-refractivity contribution in [3.05, 3.63) is 154 Å². The van der Waals surface area contributed by atoms with E-state index in [0.717, 1.165) is 110 Å². The number of nitrogens with two attached hydrogens (primary N) is 1. The summed E-state index contributed by atoms with van der Waals surface area (Å²) in [6.45, 7) is 23.4. The van der Waals surface area contributed by atoms with Gasteiger partial charge in [-0.15, -0.1) is 0 Å². The third-order valence-electron chi connectivity index (χ3n) is 18.3. The Hall–Kier alpha value is -10.6. The molecule has 100 heavy (non-hydrogen) atoms. The molecule has 0 radical (unpaired) electrons. The first-order valence-corrected chi connectivity index (χ1v) is 33.5. The van der Waals surface area contributed by atoms with Gasteiger partial charge in [-0.2, -0.15) is 15.3 Å². The Morgan fingerprint density at radius 3 is 1.36 bits per heavy atom. The molecule has 3 saturated heterocycles. The highest BCUT2D eigenvalue weighted by atomic mass is 35.5. The molecule has 3 aliphatic rings. The summed E-state index contributed by atoms with van der Waals surface area (Å²) in [4.78, 5) is 100. The standard InChI is InChI=1S/C24H27ClN8O.C22H24ClN9O.C22H23ClN8O.CH4/c1-15-11-17(5-6-18(15)25)31-9-10-32(24(3,4)13-31)19(34)12-33-23-20(16(2)28-14-29-23)21(30-33)22-26-7-8-27-22;1-13-9-15(3-4-16(13)23)30-7-8-31(14(2)10-30)17(33)11-32-22-18(20(24)27-12-28-22)19(29-32)21-25-5-6-26-21;1-14-11-16(3-4-17(14)23)29-7-9-30(10-8-29)18(32)12-31-22-19(15(2)26-13-27-22)20(28-31)21-24-5-6-25-21;/h5-8,11,14H,9-10,12-13H2,1-4H3,(H,26,27);3-6,9,12,14H,7-8,10-11H2,1-2H3,(H,25,26)(H2,24,27,28);3-6,11,13H,7-10,12H2,1-2H3,(H,24,25);1H4/t;14-;;/m.0../s1. The molecule has 3 aliphatic heterocycles.